The molecule has 0 radical (unpaired) electrons. The van der Waals surface area contributed by atoms with Gasteiger partial charge in [0.25, 0.3) is 11.6 Å². The van der Waals surface area contributed by atoms with E-state index in [0.717, 1.165) is 19.3 Å². The van der Waals surface area contributed by atoms with Gasteiger partial charge in [-0.25, -0.2) is 0 Å². The Kier molecular flexibility index (Phi) is 4.11. The molecule has 1 N–H and O–H groups in total. The minimum absolute atomic E-state index is 0.0906. The van der Waals surface area contributed by atoms with Crippen molar-refractivity contribution in [2.75, 3.05) is 13.2 Å². The second-order valence-corrected chi connectivity index (χ2v) is 4.60. The van der Waals surface area contributed by atoms with Gasteiger partial charge in [-0.15, -0.1) is 0 Å². The van der Waals surface area contributed by atoms with Gasteiger partial charge >= 0.3 is 0 Å². The monoisotopic (exact) mass is 264 g/mol. The third-order valence-corrected chi connectivity index (χ3v) is 3.43. The highest BCUT2D eigenvalue weighted by Gasteiger charge is 2.30. The van der Waals surface area contributed by atoms with Gasteiger partial charge in [-0.1, -0.05) is 12.1 Å². The topological polar surface area (TPSA) is 83.7 Å². The fourth-order valence-electron chi connectivity index (χ4n) is 2.43. The van der Waals surface area contributed by atoms with Crippen molar-refractivity contribution < 1.29 is 14.8 Å². The molecule has 0 bridgehead atoms. The van der Waals surface area contributed by atoms with Crippen molar-refractivity contribution in [3.05, 3.63) is 39.9 Å². The van der Waals surface area contributed by atoms with Crippen LogP contribution in [0.4, 0.5) is 5.69 Å². The summed E-state index contributed by atoms with van der Waals surface area (Å²) in [5, 5.41) is 20.3. The van der Waals surface area contributed by atoms with Crippen molar-refractivity contribution in [3.63, 3.8) is 0 Å². The number of carbonyl (C=O) groups excluding carboxylic acids is 1. The Hall–Kier alpha value is -1.95. The van der Waals surface area contributed by atoms with Crippen LogP contribution in [-0.4, -0.2) is 40.0 Å². The Balaban J connectivity index is 2.30. The van der Waals surface area contributed by atoms with E-state index in [1.165, 1.54) is 18.2 Å². The molecule has 0 saturated carbocycles. The van der Waals surface area contributed by atoms with Crippen LogP contribution in [0.25, 0.3) is 0 Å². The smallest absolute Gasteiger partial charge is 0.282 e. The molecule has 0 spiro atoms. The molecular formula is C13H16N2O4. The number of carbonyl (C=O) groups is 1. The van der Waals surface area contributed by atoms with Crippen LogP contribution in [0.2, 0.25) is 0 Å². The second-order valence-electron chi connectivity index (χ2n) is 4.60. The average molecular weight is 264 g/mol. The summed E-state index contributed by atoms with van der Waals surface area (Å²) in [6, 6.07) is 5.70. The lowest BCUT2D eigenvalue weighted by Crippen LogP contribution is -2.45. The number of nitro benzene ring substituents is 1. The molecule has 1 amide bonds. The lowest BCUT2D eigenvalue weighted by molar-refractivity contribution is -0.385. The molecule has 1 aromatic carbocycles. The molecule has 1 atom stereocenters. The Morgan fingerprint density at radius 2 is 2.16 bits per heavy atom. The highest BCUT2D eigenvalue weighted by molar-refractivity contribution is 5.98. The molecule has 1 aromatic rings. The van der Waals surface area contributed by atoms with E-state index in [4.69, 9.17) is 0 Å². The molecule has 2 rings (SSSR count). The first-order chi connectivity index (χ1) is 9.15. The quantitative estimate of drug-likeness (QED) is 0.663. The molecule has 1 heterocycles. The zero-order chi connectivity index (χ0) is 13.8. The van der Waals surface area contributed by atoms with Gasteiger partial charge in [0.1, 0.15) is 5.56 Å². The molecule has 6 nitrogen and oxygen atoms in total. The number of hydrogen-bond donors (Lipinski definition) is 1. The highest BCUT2D eigenvalue weighted by Crippen LogP contribution is 2.24. The Morgan fingerprint density at radius 1 is 1.42 bits per heavy atom. The third-order valence-electron chi connectivity index (χ3n) is 3.43. The van der Waals surface area contributed by atoms with Gasteiger partial charge in [0.05, 0.1) is 17.6 Å². The minimum Gasteiger partial charge on any atom is -0.394 e. The lowest BCUT2D eigenvalue weighted by atomic mass is 10.0. The van der Waals surface area contributed by atoms with Crippen LogP contribution in [-0.2, 0) is 0 Å². The minimum atomic E-state index is -0.550. The molecular weight excluding hydrogens is 248 g/mol. The first-order valence-corrected chi connectivity index (χ1v) is 6.30. The van der Waals surface area contributed by atoms with E-state index in [1.54, 1.807) is 11.0 Å². The van der Waals surface area contributed by atoms with E-state index >= 15 is 0 Å². The zero-order valence-corrected chi connectivity index (χ0v) is 10.5. The Bertz CT molecular complexity index is 489. The summed E-state index contributed by atoms with van der Waals surface area (Å²) in [5.74, 6) is -0.369. The summed E-state index contributed by atoms with van der Waals surface area (Å²) in [6.45, 7) is 0.433. The fourth-order valence-corrected chi connectivity index (χ4v) is 2.43. The molecule has 0 aliphatic carbocycles. The summed E-state index contributed by atoms with van der Waals surface area (Å²) < 4.78 is 0. The van der Waals surface area contributed by atoms with Gasteiger partial charge in [-0.3, -0.25) is 14.9 Å². The number of rotatable bonds is 3. The molecule has 0 aromatic heterocycles. The van der Waals surface area contributed by atoms with Gasteiger partial charge in [-0.05, 0) is 25.3 Å². The van der Waals surface area contributed by atoms with E-state index in [-0.39, 0.29) is 29.8 Å². The first kappa shape index (κ1) is 13.5. The Labute approximate surface area is 110 Å². The van der Waals surface area contributed by atoms with E-state index in [9.17, 15) is 20.0 Å². The van der Waals surface area contributed by atoms with Crippen LogP contribution < -0.4 is 0 Å². The summed E-state index contributed by atoms with van der Waals surface area (Å²) in [4.78, 5) is 24.3. The van der Waals surface area contributed by atoms with Crippen LogP contribution >= 0.6 is 0 Å². The van der Waals surface area contributed by atoms with E-state index < -0.39 is 4.92 Å². The van der Waals surface area contributed by atoms with E-state index in [2.05, 4.69) is 0 Å². The van der Waals surface area contributed by atoms with Gasteiger partial charge in [0.2, 0.25) is 0 Å². The Morgan fingerprint density at radius 3 is 2.84 bits per heavy atom. The lowest BCUT2D eigenvalue weighted by Gasteiger charge is -2.34. The van der Waals surface area contributed by atoms with Crippen LogP contribution in [0, 0.1) is 10.1 Å². The highest BCUT2D eigenvalue weighted by atomic mass is 16.6. The molecule has 1 saturated heterocycles. The molecule has 6 heteroatoms. The van der Waals surface area contributed by atoms with Gasteiger partial charge in [0, 0.05) is 12.6 Å². The molecule has 102 valence electrons. The third kappa shape index (κ3) is 2.73. The largest absolute Gasteiger partial charge is 0.394 e. The summed E-state index contributed by atoms with van der Waals surface area (Å²) in [6.07, 6.45) is 2.57. The number of hydrogen-bond acceptors (Lipinski definition) is 4. The molecule has 1 unspecified atom stereocenters. The maximum Gasteiger partial charge on any atom is 0.282 e. The molecule has 19 heavy (non-hydrogen) atoms. The fraction of sp³-hybridized carbons (Fsp3) is 0.462. The number of nitrogens with zero attached hydrogens (tertiary/aromatic N) is 2. The van der Waals surface area contributed by atoms with Gasteiger partial charge in [0.15, 0.2) is 0 Å². The van der Waals surface area contributed by atoms with Crippen molar-refractivity contribution in [1.29, 1.82) is 0 Å². The first-order valence-electron chi connectivity index (χ1n) is 6.30. The van der Waals surface area contributed by atoms with E-state index in [1.807, 2.05) is 0 Å². The SMILES string of the molecule is O=C(c1ccccc1[N+](=O)[O-])N1CCCCC1CO. The second kappa shape index (κ2) is 5.79. The number of aliphatic hydroxyl groups is 1. The normalized spacial score (nSPS) is 19.2. The number of para-hydroxylation sites is 1. The predicted molar refractivity (Wildman–Crippen MR) is 68.9 cm³/mol. The number of piperidine rings is 1. The number of likely N-dealkylation sites (tertiary alicyclic amines) is 1. The van der Waals surface area contributed by atoms with Crippen molar-refractivity contribution >= 4 is 11.6 Å². The molecule has 1 aliphatic heterocycles. The van der Waals surface area contributed by atoms with Crippen LogP contribution in [0.1, 0.15) is 29.6 Å². The maximum atomic E-state index is 12.4. The molecule has 1 aliphatic rings. The number of nitro groups is 1. The van der Waals surface area contributed by atoms with Crippen molar-refractivity contribution in [1.82, 2.24) is 4.90 Å². The zero-order valence-electron chi connectivity index (χ0n) is 10.5. The van der Waals surface area contributed by atoms with Crippen LogP contribution in [0.15, 0.2) is 24.3 Å². The summed E-state index contributed by atoms with van der Waals surface area (Å²) >= 11 is 0. The van der Waals surface area contributed by atoms with Crippen LogP contribution in [0.5, 0.6) is 0 Å². The predicted octanol–water partition coefficient (Wildman–Crippen LogP) is 1.58. The van der Waals surface area contributed by atoms with Gasteiger partial charge < -0.3 is 10.0 Å². The summed E-state index contributed by atoms with van der Waals surface area (Å²) in [7, 11) is 0. The maximum absolute atomic E-state index is 12.4. The van der Waals surface area contributed by atoms with Crippen molar-refractivity contribution in [2.24, 2.45) is 0 Å². The number of amides is 1. The summed E-state index contributed by atoms with van der Waals surface area (Å²) in [5.41, 5.74) is -0.0948. The number of benzene rings is 1. The standard InChI is InChI=1S/C13H16N2O4/c16-9-10-5-3-4-8-14(10)13(17)11-6-1-2-7-12(11)15(18)19/h1-2,6-7,10,16H,3-5,8-9H2. The van der Waals surface area contributed by atoms with Crippen molar-refractivity contribution in [2.45, 2.75) is 25.3 Å². The average Bonchev–Trinajstić information content (AvgIpc) is 2.46. The van der Waals surface area contributed by atoms with Crippen LogP contribution in [0.3, 0.4) is 0 Å². The number of aliphatic hydroxyl groups excluding tert-OH is 1. The van der Waals surface area contributed by atoms with Crippen molar-refractivity contribution in [3.8, 4) is 0 Å². The molecule has 1 fully saturated rings. The van der Waals surface area contributed by atoms with E-state index in [0.29, 0.717) is 6.54 Å². The van der Waals surface area contributed by atoms with Gasteiger partial charge in [-0.2, -0.15) is 0 Å².